The molecule has 4 nitrogen and oxygen atoms in total. The van der Waals surface area contributed by atoms with Crippen molar-refractivity contribution in [2.45, 2.75) is 6.92 Å². The predicted octanol–water partition coefficient (Wildman–Crippen LogP) is 0.829. The van der Waals surface area contributed by atoms with Gasteiger partial charge in [-0.05, 0) is 22.9 Å². The number of nitrogens with zero attached hydrogens (tertiary/aromatic N) is 2. The van der Waals surface area contributed by atoms with Crippen LogP contribution in [0.1, 0.15) is 5.69 Å². The molecule has 1 heterocycles. The fourth-order valence-electron chi connectivity index (χ4n) is 0.924. The van der Waals surface area contributed by atoms with Crippen molar-refractivity contribution < 1.29 is 4.74 Å². The molecule has 5 heteroatoms. The summed E-state index contributed by atoms with van der Waals surface area (Å²) in [6, 6.07) is 0. The summed E-state index contributed by atoms with van der Waals surface area (Å²) in [6.07, 6.45) is 0. The van der Waals surface area contributed by atoms with Crippen LogP contribution in [-0.2, 0) is 7.05 Å². The Balaban J connectivity index is 2.82. The number of nitrogens with two attached hydrogens (primary N) is 1. The maximum absolute atomic E-state index is 5.37. The highest BCUT2D eigenvalue weighted by atomic mass is 79.9. The Labute approximate surface area is 79.8 Å². The number of ether oxygens (including phenoxy) is 1. The van der Waals surface area contributed by atoms with Gasteiger partial charge < -0.3 is 10.5 Å². The standard InChI is InChI=1S/C7H12BrN3O/c1-5-6(8)7(11(2)10-5)12-4-3-9/h3-4,9H2,1-2H3. The van der Waals surface area contributed by atoms with E-state index in [0.717, 1.165) is 16.0 Å². The second-order valence-corrected chi connectivity index (χ2v) is 3.26. The summed E-state index contributed by atoms with van der Waals surface area (Å²) >= 11 is 3.38. The van der Waals surface area contributed by atoms with E-state index in [2.05, 4.69) is 21.0 Å². The summed E-state index contributed by atoms with van der Waals surface area (Å²) in [6.45, 7) is 2.94. The second-order valence-electron chi connectivity index (χ2n) is 2.47. The van der Waals surface area contributed by atoms with Gasteiger partial charge >= 0.3 is 0 Å². The number of rotatable bonds is 3. The number of hydrogen-bond acceptors (Lipinski definition) is 3. The van der Waals surface area contributed by atoms with Crippen LogP contribution < -0.4 is 10.5 Å². The second kappa shape index (κ2) is 3.91. The molecule has 0 unspecified atom stereocenters. The maximum atomic E-state index is 5.37. The van der Waals surface area contributed by atoms with Crippen molar-refractivity contribution in [3.63, 3.8) is 0 Å². The van der Waals surface area contributed by atoms with Crippen LogP contribution in [0.2, 0.25) is 0 Å². The zero-order valence-electron chi connectivity index (χ0n) is 7.17. The molecule has 0 bridgehead atoms. The largest absolute Gasteiger partial charge is 0.476 e. The number of hydrogen-bond donors (Lipinski definition) is 1. The van der Waals surface area contributed by atoms with E-state index in [4.69, 9.17) is 10.5 Å². The first-order valence-corrected chi connectivity index (χ1v) is 4.48. The molecule has 0 saturated carbocycles. The van der Waals surface area contributed by atoms with Crippen LogP contribution in [0.25, 0.3) is 0 Å². The third-order valence-corrected chi connectivity index (χ3v) is 2.37. The Morgan fingerprint density at radius 1 is 1.67 bits per heavy atom. The summed E-state index contributed by atoms with van der Waals surface area (Å²) in [5.41, 5.74) is 6.23. The minimum absolute atomic E-state index is 0.511. The fourth-order valence-corrected chi connectivity index (χ4v) is 1.37. The molecule has 0 atom stereocenters. The van der Waals surface area contributed by atoms with E-state index in [-0.39, 0.29) is 0 Å². The molecule has 2 N–H and O–H groups in total. The van der Waals surface area contributed by atoms with Crippen molar-refractivity contribution >= 4 is 15.9 Å². The summed E-state index contributed by atoms with van der Waals surface area (Å²) in [7, 11) is 1.84. The number of aryl methyl sites for hydroxylation is 2. The first kappa shape index (κ1) is 9.54. The SMILES string of the molecule is Cc1nn(C)c(OCCN)c1Br. The molecule has 0 aliphatic heterocycles. The zero-order chi connectivity index (χ0) is 9.14. The van der Waals surface area contributed by atoms with Crippen LogP contribution in [-0.4, -0.2) is 22.9 Å². The summed E-state index contributed by atoms with van der Waals surface area (Å²) in [5.74, 6) is 0.734. The molecule has 0 aliphatic carbocycles. The molecule has 12 heavy (non-hydrogen) atoms. The van der Waals surface area contributed by atoms with Gasteiger partial charge in [0.15, 0.2) is 0 Å². The van der Waals surface area contributed by atoms with E-state index < -0.39 is 0 Å². The zero-order valence-corrected chi connectivity index (χ0v) is 8.76. The predicted molar refractivity (Wildman–Crippen MR) is 50.2 cm³/mol. The van der Waals surface area contributed by atoms with Crippen LogP contribution in [0.4, 0.5) is 0 Å². The lowest BCUT2D eigenvalue weighted by Gasteiger charge is -2.03. The first-order valence-electron chi connectivity index (χ1n) is 3.68. The van der Waals surface area contributed by atoms with Crippen LogP contribution in [0.3, 0.4) is 0 Å². The topological polar surface area (TPSA) is 53.1 Å². The van der Waals surface area contributed by atoms with Gasteiger partial charge in [0.1, 0.15) is 11.1 Å². The molecule has 0 saturated heterocycles. The van der Waals surface area contributed by atoms with Crippen molar-refractivity contribution in [2.24, 2.45) is 12.8 Å². The van der Waals surface area contributed by atoms with Gasteiger partial charge in [0, 0.05) is 13.6 Å². The molecule has 0 spiro atoms. The summed E-state index contributed by atoms with van der Waals surface area (Å²) < 4.78 is 7.96. The lowest BCUT2D eigenvalue weighted by Crippen LogP contribution is -2.12. The van der Waals surface area contributed by atoms with E-state index in [1.54, 1.807) is 4.68 Å². The summed E-state index contributed by atoms with van der Waals surface area (Å²) in [4.78, 5) is 0. The van der Waals surface area contributed by atoms with E-state index in [9.17, 15) is 0 Å². The molecule has 0 aromatic carbocycles. The Kier molecular flexibility index (Phi) is 3.11. The highest BCUT2D eigenvalue weighted by Crippen LogP contribution is 2.26. The quantitative estimate of drug-likeness (QED) is 0.842. The van der Waals surface area contributed by atoms with E-state index in [1.807, 2.05) is 14.0 Å². The molecule has 0 fully saturated rings. The number of aromatic nitrogens is 2. The van der Waals surface area contributed by atoms with Gasteiger partial charge in [-0.3, -0.25) is 0 Å². The third kappa shape index (κ3) is 1.78. The first-order chi connectivity index (χ1) is 5.66. The monoisotopic (exact) mass is 233 g/mol. The molecule has 0 aliphatic rings. The molecule has 1 rings (SSSR count). The van der Waals surface area contributed by atoms with Gasteiger partial charge in [-0.25, -0.2) is 4.68 Å². The molecule has 1 aromatic heterocycles. The van der Waals surface area contributed by atoms with Crippen LogP contribution >= 0.6 is 15.9 Å². The van der Waals surface area contributed by atoms with Gasteiger partial charge in [-0.1, -0.05) is 0 Å². The van der Waals surface area contributed by atoms with Gasteiger partial charge in [0.05, 0.1) is 5.69 Å². The van der Waals surface area contributed by atoms with E-state index in [1.165, 1.54) is 0 Å². The molecular weight excluding hydrogens is 222 g/mol. The highest BCUT2D eigenvalue weighted by molar-refractivity contribution is 9.10. The minimum Gasteiger partial charge on any atom is -0.476 e. The Hall–Kier alpha value is -0.550. The summed E-state index contributed by atoms with van der Waals surface area (Å²) in [5, 5.41) is 4.17. The Bertz CT molecular complexity index is 272. The van der Waals surface area contributed by atoms with Gasteiger partial charge in [0.2, 0.25) is 5.88 Å². The smallest absolute Gasteiger partial charge is 0.226 e. The fraction of sp³-hybridized carbons (Fsp3) is 0.571. The van der Waals surface area contributed by atoms with Gasteiger partial charge in [-0.15, -0.1) is 0 Å². The van der Waals surface area contributed by atoms with Gasteiger partial charge in [0.25, 0.3) is 0 Å². The Morgan fingerprint density at radius 3 is 2.75 bits per heavy atom. The molecule has 0 radical (unpaired) electrons. The van der Waals surface area contributed by atoms with E-state index >= 15 is 0 Å². The molecular formula is C7H12BrN3O. The molecule has 1 aromatic rings. The van der Waals surface area contributed by atoms with E-state index in [0.29, 0.717) is 13.2 Å². The van der Waals surface area contributed by atoms with Crippen molar-refractivity contribution in [2.75, 3.05) is 13.2 Å². The maximum Gasteiger partial charge on any atom is 0.226 e. The van der Waals surface area contributed by atoms with Gasteiger partial charge in [-0.2, -0.15) is 5.10 Å². The third-order valence-electron chi connectivity index (χ3n) is 1.46. The lowest BCUT2D eigenvalue weighted by atomic mass is 10.5. The average Bonchev–Trinajstić information content (AvgIpc) is 2.25. The van der Waals surface area contributed by atoms with Crippen LogP contribution in [0, 0.1) is 6.92 Å². The molecule has 68 valence electrons. The van der Waals surface area contributed by atoms with Crippen LogP contribution in [0.5, 0.6) is 5.88 Å². The number of halogens is 1. The van der Waals surface area contributed by atoms with Crippen molar-refractivity contribution in [1.82, 2.24) is 9.78 Å². The van der Waals surface area contributed by atoms with Crippen molar-refractivity contribution in [1.29, 1.82) is 0 Å². The average molecular weight is 234 g/mol. The van der Waals surface area contributed by atoms with Crippen molar-refractivity contribution in [3.05, 3.63) is 10.2 Å². The van der Waals surface area contributed by atoms with Crippen molar-refractivity contribution in [3.8, 4) is 5.88 Å². The lowest BCUT2D eigenvalue weighted by molar-refractivity contribution is 0.297. The molecule has 0 amide bonds. The minimum atomic E-state index is 0.511. The van der Waals surface area contributed by atoms with Crippen LogP contribution in [0.15, 0.2) is 4.47 Å². The normalized spacial score (nSPS) is 10.3. The Morgan fingerprint density at radius 2 is 2.33 bits per heavy atom. The highest BCUT2D eigenvalue weighted by Gasteiger charge is 2.10.